The third-order valence-corrected chi connectivity index (χ3v) is 2.95. The minimum Gasteiger partial charge on any atom is -0.477 e. The van der Waals surface area contributed by atoms with Gasteiger partial charge in [-0.15, -0.1) is 0 Å². The van der Waals surface area contributed by atoms with Gasteiger partial charge in [-0.05, 0) is 17.2 Å². The van der Waals surface area contributed by atoms with E-state index in [1.54, 1.807) is 18.2 Å². The summed E-state index contributed by atoms with van der Waals surface area (Å²) in [5.74, 6) is -1.39. The minimum absolute atomic E-state index is 0.0361. The van der Waals surface area contributed by atoms with Crippen molar-refractivity contribution in [2.45, 2.75) is 12.6 Å². The molecule has 108 valence electrons. The molecule has 0 aliphatic heterocycles. The number of carbonyl (C=O) groups is 2. The summed E-state index contributed by atoms with van der Waals surface area (Å²) in [6, 6.07) is 11.3. The quantitative estimate of drug-likeness (QED) is 0.762. The number of benzene rings is 1. The molecular weight excluding hydrogens is 270 g/mol. The van der Waals surface area contributed by atoms with E-state index in [0.29, 0.717) is 5.56 Å². The minimum atomic E-state index is -1.09. The van der Waals surface area contributed by atoms with E-state index in [2.05, 4.69) is 10.3 Å². The highest BCUT2D eigenvalue weighted by molar-refractivity contribution is 5.85. The fourth-order valence-electron chi connectivity index (χ4n) is 1.77. The maximum Gasteiger partial charge on any atom is 0.354 e. The van der Waals surface area contributed by atoms with Gasteiger partial charge in [0.15, 0.2) is 0 Å². The van der Waals surface area contributed by atoms with Crippen molar-refractivity contribution in [3.05, 3.63) is 65.5 Å². The van der Waals surface area contributed by atoms with Gasteiger partial charge in [-0.3, -0.25) is 4.79 Å². The summed E-state index contributed by atoms with van der Waals surface area (Å²) < 4.78 is 0. The normalized spacial score (nSPS) is 11.7. The van der Waals surface area contributed by atoms with E-state index >= 15 is 0 Å². The summed E-state index contributed by atoms with van der Waals surface area (Å²) in [5, 5.41) is 11.4. The average Bonchev–Trinajstić information content (AvgIpc) is 2.53. The Labute approximate surface area is 121 Å². The molecule has 0 radical (unpaired) electrons. The molecule has 0 fully saturated rings. The fraction of sp³-hybridized carbons (Fsp3) is 0.133. The molecule has 2 rings (SSSR count). The number of pyridine rings is 1. The largest absolute Gasteiger partial charge is 0.477 e. The van der Waals surface area contributed by atoms with Crippen LogP contribution in [0.3, 0.4) is 0 Å². The summed E-state index contributed by atoms with van der Waals surface area (Å²) in [5.41, 5.74) is 7.26. The number of nitrogens with one attached hydrogen (secondary N) is 1. The van der Waals surface area contributed by atoms with Crippen LogP contribution in [0.25, 0.3) is 0 Å². The molecule has 1 aromatic heterocycles. The van der Waals surface area contributed by atoms with Crippen molar-refractivity contribution < 1.29 is 14.7 Å². The van der Waals surface area contributed by atoms with Crippen molar-refractivity contribution in [2.75, 3.05) is 0 Å². The number of nitrogens with zero attached hydrogens (tertiary/aromatic N) is 1. The van der Waals surface area contributed by atoms with Gasteiger partial charge in [0.05, 0.1) is 0 Å². The highest BCUT2D eigenvalue weighted by Crippen LogP contribution is 2.09. The van der Waals surface area contributed by atoms with Crippen molar-refractivity contribution >= 4 is 11.9 Å². The summed E-state index contributed by atoms with van der Waals surface area (Å²) in [4.78, 5) is 26.4. The van der Waals surface area contributed by atoms with Gasteiger partial charge in [0.25, 0.3) is 0 Å². The van der Waals surface area contributed by atoms with Gasteiger partial charge >= 0.3 is 5.97 Å². The second-order valence-corrected chi connectivity index (χ2v) is 4.46. The number of aromatic carboxylic acids is 1. The first-order valence-electron chi connectivity index (χ1n) is 6.34. The Bertz CT molecular complexity index is 626. The van der Waals surface area contributed by atoms with E-state index < -0.39 is 12.0 Å². The molecule has 0 spiro atoms. The fourth-order valence-corrected chi connectivity index (χ4v) is 1.77. The van der Waals surface area contributed by atoms with Gasteiger partial charge in [-0.1, -0.05) is 36.4 Å². The molecule has 0 saturated carbocycles. The van der Waals surface area contributed by atoms with Crippen molar-refractivity contribution in [2.24, 2.45) is 5.73 Å². The molecular formula is C15H15N3O3. The molecule has 1 atom stereocenters. The first kappa shape index (κ1) is 14.7. The molecule has 2 aromatic rings. The number of carbonyl (C=O) groups excluding carboxylic acids is 1. The molecule has 0 aliphatic carbocycles. The van der Waals surface area contributed by atoms with Crippen LogP contribution in [0.2, 0.25) is 0 Å². The first-order valence-corrected chi connectivity index (χ1v) is 6.34. The van der Waals surface area contributed by atoms with Gasteiger partial charge in [-0.2, -0.15) is 0 Å². The number of hydrogen-bond acceptors (Lipinski definition) is 4. The number of carboxylic acids is 1. The van der Waals surface area contributed by atoms with Crippen molar-refractivity contribution in [1.82, 2.24) is 10.3 Å². The third-order valence-electron chi connectivity index (χ3n) is 2.95. The Balaban J connectivity index is 1.93. The lowest BCUT2D eigenvalue weighted by Crippen LogP contribution is -2.33. The van der Waals surface area contributed by atoms with Crippen LogP contribution < -0.4 is 11.1 Å². The number of rotatable bonds is 5. The zero-order valence-electron chi connectivity index (χ0n) is 11.2. The van der Waals surface area contributed by atoms with Crippen LogP contribution in [-0.2, 0) is 11.3 Å². The van der Waals surface area contributed by atoms with Crippen LogP contribution in [0.15, 0.2) is 48.7 Å². The van der Waals surface area contributed by atoms with E-state index in [1.807, 2.05) is 18.2 Å². The molecule has 0 saturated heterocycles. The van der Waals surface area contributed by atoms with Crippen LogP contribution in [-0.4, -0.2) is 22.0 Å². The average molecular weight is 285 g/mol. The topological polar surface area (TPSA) is 105 Å². The highest BCUT2D eigenvalue weighted by Gasteiger charge is 2.14. The molecule has 6 heteroatoms. The molecule has 1 unspecified atom stereocenters. The standard InChI is InChI=1S/C15H15N3O3/c16-13(11-4-2-1-3-5-11)14(19)18-9-10-6-7-12(15(20)21)17-8-10/h1-8,13H,9,16H2,(H,18,19)(H,20,21). The van der Waals surface area contributed by atoms with Gasteiger partial charge < -0.3 is 16.2 Å². The van der Waals surface area contributed by atoms with Gasteiger partial charge in [0.2, 0.25) is 5.91 Å². The van der Waals surface area contributed by atoms with E-state index in [0.717, 1.165) is 5.56 Å². The van der Waals surface area contributed by atoms with E-state index in [1.165, 1.54) is 12.3 Å². The number of amides is 1. The summed E-state index contributed by atoms with van der Waals surface area (Å²) >= 11 is 0. The molecule has 1 amide bonds. The monoisotopic (exact) mass is 285 g/mol. The lowest BCUT2D eigenvalue weighted by Gasteiger charge is -2.12. The molecule has 0 aliphatic rings. The molecule has 6 nitrogen and oxygen atoms in total. The molecule has 0 bridgehead atoms. The Morgan fingerprint density at radius 2 is 1.90 bits per heavy atom. The van der Waals surface area contributed by atoms with Crippen LogP contribution in [0, 0.1) is 0 Å². The molecule has 21 heavy (non-hydrogen) atoms. The van der Waals surface area contributed by atoms with E-state index in [-0.39, 0.29) is 18.1 Å². The van der Waals surface area contributed by atoms with Gasteiger partial charge in [0.1, 0.15) is 11.7 Å². The highest BCUT2D eigenvalue weighted by atomic mass is 16.4. The van der Waals surface area contributed by atoms with E-state index in [4.69, 9.17) is 10.8 Å². The molecule has 4 N–H and O–H groups in total. The Kier molecular flexibility index (Phi) is 4.63. The number of nitrogens with two attached hydrogens (primary N) is 1. The van der Waals surface area contributed by atoms with Crippen molar-refractivity contribution in [1.29, 1.82) is 0 Å². The molecule has 1 aromatic carbocycles. The first-order chi connectivity index (χ1) is 10.1. The van der Waals surface area contributed by atoms with Crippen LogP contribution in [0.1, 0.15) is 27.7 Å². The van der Waals surface area contributed by atoms with Crippen molar-refractivity contribution in [3.63, 3.8) is 0 Å². The lowest BCUT2D eigenvalue weighted by molar-refractivity contribution is -0.122. The summed E-state index contributed by atoms with van der Waals surface area (Å²) in [6.45, 7) is 0.242. The second-order valence-electron chi connectivity index (χ2n) is 4.46. The maximum absolute atomic E-state index is 11.9. The van der Waals surface area contributed by atoms with Crippen LogP contribution >= 0.6 is 0 Å². The summed E-state index contributed by atoms with van der Waals surface area (Å²) in [7, 11) is 0. The van der Waals surface area contributed by atoms with E-state index in [9.17, 15) is 9.59 Å². The Hall–Kier alpha value is -2.73. The predicted molar refractivity (Wildman–Crippen MR) is 76.4 cm³/mol. The number of carboxylic acid groups (broad SMARTS) is 1. The number of aromatic nitrogens is 1. The SMILES string of the molecule is NC(C(=O)NCc1ccc(C(=O)O)nc1)c1ccccc1. The smallest absolute Gasteiger partial charge is 0.354 e. The van der Waals surface area contributed by atoms with Crippen molar-refractivity contribution in [3.8, 4) is 0 Å². The third kappa shape index (κ3) is 3.87. The maximum atomic E-state index is 11.9. The number of hydrogen-bond donors (Lipinski definition) is 3. The Morgan fingerprint density at radius 3 is 2.48 bits per heavy atom. The zero-order valence-corrected chi connectivity index (χ0v) is 11.2. The van der Waals surface area contributed by atoms with Crippen LogP contribution in [0.4, 0.5) is 0 Å². The van der Waals surface area contributed by atoms with Gasteiger partial charge in [-0.25, -0.2) is 9.78 Å². The zero-order chi connectivity index (χ0) is 15.2. The predicted octanol–water partition coefficient (Wildman–Crippen LogP) is 1.10. The molecule has 1 heterocycles. The van der Waals surface area contributed by atoms with Gasteiger partial charge in [0, 0.05) is 12.7 Å². The summed E-state index contributed by atoms with van der Waals surface area (Å²) in [6.07, 6.45) is 1.41. The second kappa shape index (κ2) is 6.62. The Morgan fingerprint density at radius 1 is 1.19 bits per heavy atom. The van der Waals surface area contributed by atoms with Crippen LogP contribution in [0.5, 0.6) is 0 Å². The lowest BCUT2D eigenvalue weighted by atomic mass is 10.1.